The minimum absolute atomic E-state index is 0.198. The van der Waals surface area contributed by atoms with E-state index in [1.807, 2.05) is 14.1 Å². The van der Waals surface area contributed by atoms with Gasteiger partial charge in [0, 0.05) is 32.9 Å². The van der Waals surface area contributed by atoms with Gasteiger partial charge in [-0.3, -0.25) is 4.79 Å². The fourth-order valence-electron chi connectivity index (χ4n) is 1.39. The average molecular weight is 293 g/mol. The summed E-state index contributed by atoms with van der Waals surface area (Å²) in [6, 6.07) is 1.43. The lowest BCUT2D eigenvalue weighted by molar-refractivity contribution is 0.854. The smallest absolute Gasteiger partial charge is 0.251 e. The Morgan fingerprint density at radius 3 is 2.60 bits per heavy atom. The van der Waals surface area contributed by atoms with Crippen molar-refractivity contribution in [2.75, 3.05) is 31.4 Å². The van der Waals surface area contributed by atoms with Gasteiger partial charge in [0.25, 0.3) is 5.56 Å². The molecule has 2 heterocycles. The largest absolute Gasteiger partial charge is 0.357 e. The highest BCUT2D eigenvalue weighted by Crippen LogP contribution is 2.22. The first kappa shape index (κ1) is 14.3. The Bertz CT molecular complexity index is 670. The van der Waals surface area contributed by atoms with Crippen molar-refractivity contribution in [2.45, 2.75) is 17.2 Å². The van der Waals surface area contributed by atoms with E-state index in [9.17, 15) is 4.79 Å². The molecule has 0 unspecified atom stereocenters. The van der Waals surface area contributed by atoms with Gasteiger partial charge in [-0.1, -0.05) is 0 Å². The van der Waals surface area contributed by atoms with Gasteiger partial charge in [0.05, 0.1) is 0 Å². The molecule has 0 bridgehead atoms. The minimum Gasteiger partial charge on any atom is -0.357 e. The van der Waals surface area contributed by atoms with Gasteiger partial charge in [0.15, 0.2) is 5.16 Å². The van der Waals surface area contributed by atoms with E-state index in [2.05, 4.69) is 30.2 Å². The molecule has 2 aromatic heterocycles. The third kappa shape index (κ3) is 3.44. The molecule has 0 aromatic carbocycles. The summed E-state index contributed by atoms with van der Waals surface area (Å²) in [6.07, 6.45) is 0. The first-order chi connectivity index (χ1) is 9.47. The maximum atomic E-state index is 11.4. The summed E-state index contributed by atoms with van der Waals surface area (Å²) in [6.45, 7) is 1.76. The maximum Gasteiger partial charge on any atom is 0.251 e. The van der Waals surface area contributed by atoms with Gasteiger partial charge in [-0.15, -0.1) is 0 Å². The quantitative estimate of drug-likeness (QED) is 0.787. The molecule has 0 aliphatic rings. The molecule has 2 rings (SSSR count). The van der Waals surface area contributed by atoms with Crippen LogP contribution >= 0.6 is 11.8 Å². The lowest BCUT2D eigenvalue weighted by Gasteiger charge is -2.11. The van der Waals surface area contributed by atoms with Crippen LogP contribution < -0.4 is 15.8 Å². The second kappa shape index (κ2) is 5.87. The monoisotopic (exact) mass is 293 g/mol. The number of hydrogen-bond donors (Lipinski definition) is 2. The molecular weight excluding hydrogens is 278 g/mol. The molecule has 0 saturated heterocycles. The van der Waals surface area contributed by atoms with Gasteiger partial charge < -0.3 is 15.2 Å². The molecular formula is C11H15N7OS. The second-order valence-electron chi connectivity index (χ2n) is 4.18. The number of H-pyrrole nitrogens is 1. The molecule has 0 fully saturated rings. The van der Waals surface area contributed by atoms with Crippen LogP contribution in [0, 0.1) is 6.92 Å². The Morgan fingerprint density at radius 2 is 2.00 bits per heavy atom. The Labute approximate surface area is 120 Å². The van der Waals surface area contributed by atoms with Crippen molar-refractivity contribution in [3.8, 4) is 0 Å². The normalized spacial score (nSPS) is 10.4. The standard InChI is InChI=1S/C11H15N7OS/c1-6-5-7(19)14-10(13-6)20-11-16-8(12-2)15-9(17-11)18(3)4/h5H,1-4H3,(H,13,14,19)(H,12,15,16,17). The van der Waals surface area contributed by atoms with Crippen molar-refractivity contribution in [3.63, 3.8) is 0 Å². The molecule has 0 saturated carbocycles. The number of nitrogens with one attached hydrogen (secondary N) is 2. The third-order valence-corrected chi connectivity index (χ3v) is 3.01. The van der Waals surface area contributed by atoms with E-state index in [1.54, 1.807) is 18.9 Å². The van der Waals surface area contributed by atoms with E-state index in [4.69, 9.17) is 0 Å². The van der Waals surface area contributed by atoms with E-state index in [-0.39, 0.29) is 5.56 Å². The van der Waals surface area contributed by atoms with Crippen molar-refractivity contribution in [3.05, 3.63) is 22.1 Å². The van der Waals surface area contributed by atoms with E-state index in [1.165, 1.54) is 17.8 Å². The average Bonchev–Trinajstić information content (AvgIpc) is 2.36. The van der Waals surface area contributed by atoms with Crippen molar-refractivity contribution in [1.82, 2.24) is 24.9 Å². The Kier molecular flexibility index (Phi) is 4.18. The van der Waals surface area contributed by atoms with Crippen LogP contribution in [0.1, 0.15) is 5.69 Å². The molecule has 0 radical (unpaired) electrons. The van der Waals surface area contributed by atoms with E-state index in [0.717, 1.165) is 0 Å². The second-order valence-corrected chi connectivity index (χ2v) is 5.14. The number of rotatable bonds is 4. The molecule has 2 aromatic rings. The van der Waals surface area contributed by atoms with Crippen LogP contribution in [-0.4, -0.2) is 46.1 Å². The molecule has 8 nitrogen and oxygen atoms in total. The Morgan fingerprint density at radius 1 is 1.25 bits per heavy atom. The van der Waals surface area contributed by atoms with Crippen LogP contribution in [0.15, 0.2) is 21.2 Å². The number of aromatic nitrogens is 5. The molecule has 0 amide bonds. The van der Waals surface area contributed by atoms with Crippen LogP contribution in [0.5, 0.6) is 0 Å². The summed E-state index contributed by atoms with van der Waals surface area (Å²) < 4.78 is 0. The van der Waals surface area contributed by atoms with Crippen LogP contribution in [0.4, 0.5) is 11.9 Å². The summed E-state index contributed by atoms with van der Waals surface area (Å²) in [5.74, 6) is 0.989. The zero-order valence-corrected chi connectivity index (χ0v) is 12.4. The van der Waals surface area contributed by atoms with Crippen molar-refractivity contribution in [2.24, 2.45) is 0 Å². The number of nitrogens with zero attached hydrogens (tertiary/aromatic N) is 5. The fraction of sp³-hybridized carbons (Fsp3) is 0.364. The summed E-state index contributed by atoms with van der Waals surface area (Å²) in [5, 5.41) is 3.79. The number of aromatic amines is 1. The first-order valence-electron chi connectivity index (χ1n) is 5.85. The topological polar surface area (TPSA) is 99.7 Å². The molecule has 2 N–H and O–H groups in total. The lowest BCUT2D eigenvalue weighted by Crippen LogP contribution is -2.15. The van der Waals surface area contributed by atoms with Gasteiger partial charge in [-0.2, -0.15) is 15.0 Å². The van der Waals surface area contributed by atoms with Crippen LogP contribution in [-0.2, 0) is 0 Å². The highest BCUT2D eigenvalue weighted by Gasteiger charge is 2.10. The van der Waals surface area contributed by atoms with Gasteiger partial charge >= 0.3 is 0 Å². The van der Waals surface area contributed by atoms with Crippen molar-refractivity contribution < 1.29 is 0 Å². The third-order valence-electron chi connectivity index (χ3n) is 2.26. The van der Waals surface area contributed by atoms with Crippen LogP contribution in [0.25, 0.3) is 0 Å². The minimum atomic E-state index is -0.198. The summed E-state index contributed by atoms with van der Waals surface area (Å²) in [5.41, 5.74) is 0.447. The molecule has 0 spiro atoms. The maximum absolute atomic E-state index is 11.4. The van der Waals surface area contributed by atoms with Crippen LogP contribution in [0.2, 0.25) is 0 Å². The molecule has 0 aliphatic carbocycles. The van der Waals surface area contributed by atoms with Crippen LogP contribution in [0.3, 0.4) is 0 Å². The van der Waals surface area contributed by atoms with Gasteiger partial charge in [-0.25, -0.2) is 4.98 Å². The van der Waals surface area contributed by atoms with Crippen molar-refractivity contribution in [1.29, 1.82) is 0 Å². The van der Waals surface area contributed by atoms with Gasteiger partial charge in [0.1, 0.15) is 0 Å². The number of anilines is 2. The summed E-state index contributed by atoms with van der Waals surface area (Å²) in [7, 11) is 5.42. The highest BCUT2D eigenvalue weighted by atomic mass is 32.2. The highest BCUT2D eigenvalue weighted by molar-refractivity contribution is 7.99. The van der Waals surface area contributed by atoms with Gasteiger partial charge in [0.2, 0.25) is 17.1 Å². The SMILES string of the molecule is CNc1nc(Sc2nc(C)cc(=O)[nH]2)nc(N(C)C)n1. The predicted octanol–water partition coefficient (Wildman–Crippen LogP) is 0.522. The molecule has 0 atom stereocenters. The van der Waals surface area contributed by atoms with E-state index < -0.39 is 0 Å². The first-order valence-corrected chi connectivity index (χ1v) is 6.66. The fourth-order valence-corrected chi connectivity index (χ4v) is 2.16. The van der Waals surface area contributed by atoms with Gasteiger partial charge in [-0.05, 0) is 18.7 Å². The summed E-state index contributed by atoms with van der Waals surface area (Å²) >= 11 is 1.18. The van der Waals surface area contributed by atoms with E-state index in [0.29, 0.717) is 27.9 Å². The van der Waals surface area contributed by atoms with E-state index >= 15 is 0 Å². The molecule has 9 heteroatoms. The molecule has 20 heavy (non-hydrogen) atoms. The molecule has 106 valence electrons. The van der Waals surface area contributed by atoms with Crippen molar-refractivity contribution >= 4 is 23.7 Å². The lowest BCUT2D eigenvalue weighted by atomic mass is 10.5. The zero-order chi connectivity index (χ0) is 14.7. The number of hydrogen-bond acceptors (Lipinski definition) is 8. The predicted molar refractivity (Wildman–Crippen MR) is 77.4 cm³/mol. The Hall–Kier alpha value is -2.16. The summed E-state index contributed by atoms with van der Waals surface area (Å²) in [4.78, 5) is 32.8. The Balaban J connectivity index is 2.37. The number of aryl methyl sites for hydroxylation is 1. The molecule has 0 aliphatic heterocycles. The zero-order valence-electron chi connectivity index (χ0n) is 11.6.